The molecule has 0 spiro atoms. The molecule has 1 saturated carbocycles. The molecular formula is C11H15N5O2. The molecule has 0 saturated heterocycles. The molecule has 18 heavy (non-hydrogen) atoms. The lowest BCUT2D eigenvalue weighted by Crippen LogP contribution is -2.54. The van der Waals surface area contributed by atoms with E-state index in [0.29, 0.717) is 24.4 Å². The summed E-state index contributed by atoms with van der Waals surface area (Å²) in [5.41, 5.74) is 5.22. The number of hydrogen-bond acceptors (Lipinski definition) is 5. The highest BCUT2D eigenvalue weighted by molar-refractivity contribution is 6.12. The summed E-state index contributed by atoms with van der Waals surface area (Å²) in [6.45, 7) is 2.02. The molecule has 7 nitrogen and oxygen atoms in total. The number of carbonyl (C=O) groups is 1. The molecule has 7 heteroatoms. The van der Waals surface area contributed by atoms with Crippen molar-refractivity contribution in [2.75, 3.05) is 5.32 Å². The van der Waals surface area contributed by atoms with Crippen LogP contribution in [0.4, 0.5) is 5.69 Å². The lowest BCUT2D eigenvalue weighted by atomic mass is 9.61. The molecule has 1 aromatic rings. The number of amides is 1. The van der Waals surface area contributed by atoms with Crippen LogP contribution in [0.25, 0.3) is 0 Å². The summed E-state index contributed by atoms with van der Waals surface area (Å²) in [4.78, 5) is 19.8. The van der Waals surface area contributed by atoms with E-state index >= 15 is 0 Å². The van der Waals surface area contributed by atoms with Crippen molar-refractivity contribution < 1.29 is 10.0 Å². The van der Waals surface area contributed by atoms with Gasteiger partial charge >= 0.3 is 0 Å². The number of nitrogens with two attached hydrogens (primary N) is 1. The zero-order valence-corrected chi connectivity index (χ0v) is 10.00. The Morgan fingerprint density at radius 3 is 2.67 bits per heavy atom. The minimum Gasteiger partial charge on any atom is -0.409 e. The molecule has 96 valence electrons. The van der Waals surface area contributed by atoms with Gasteiger partial charge in [-0.3, -0.25) is 4.79 Å². The zero-order chi connectivity index (χ0) is 13.2. The van der Waals surface area contributed by atoms with Crippen LogP contribution >= 0.6 is 0 Å². The van der Waals surface area contributed by atoms with E-state index < -0.39 is 5.41 Å². The van der Waals surface area contributed by atoms with Gasteiger partial charge in [0.1, 0.15) is 11.7 Å². The Morgan fingerprint density at radius 1 is 1.56 bits per heavy atom. The molecule has 1 aliphatic carbocycles. The van der Waals surface area contributed by atoms with Gasteiger partial charge in [-0.25, -0.2) is 9.97 Å². The third kappa shape index (κ3) is 1.99. The summed E-state index contributed by atoms with van der Waals surface area (Å²) >= 11 is 0. The molecule has 1 aromatic heterocycles. The number of hydrogen-bond donors (Lipinski definition) is 3. The van der Waals surface area contributed by atoms with Crippen molar-refractivity contribution in [3.8, 4) is 0 Å². The fraction of sp³-hybridized carbons (Fsp3) is 0.455. The highest BCUT2D eigenvalue weighted by atomic mass is 16.4. The van der Waals surface area contributed by atoms with Crippen molar-refractivity contribution in [1.82, 2.24) is 9.97 Å². The van der Waals surface area contributed by atoms with Gasteiger partial charge in [-0.1, -0.05) is 12.1 Å². The SMILES string of the molecule is CC1CC(C(=O)Nc2cncnc2)(C(N)=NO)C1. The Labute approximate surface area is 104 Å². The smallest absolute Gasteiger partial charge is 0.238 e. The fourth-order valence-electron chi connectivity index (χ4n) is 2.35. The monoisotopic (exact) mass is 249 g/mol. The summed E-state index contributed by atoms with van der Waals surface area (Å²) in [7, 11) is 0. The minimum absolute atomic E-state index is 0.0463. The lowest BCUT2D eigenvalue weighted by molar-refractivity contribution is -0.127. The summed E-state index contributed by atoms with van der Waals surface area (Å²) in [6.07, 6.45) is 5.51. The van der Waals surface area contributed by atoms with E-state index in [1.54, 1.807) is 0 Å². The molecule has 1 aliphatic rings. The normalized spacial score (nSPS) is 27.4. The van der Waals surface area contributed by atoms with Crippen molar-refractivity contribution in [1.29, 1.82) is 0 Å². The van der Waals surface area contributed by atoms with Crippen LogP contribution in [-0.4, -0.2) is 26.9 Å². The summed E-state index contributed by atoms with van der Waals surface area (Å²) in [6, 6.07) is 0. The molecule has 0 unspecified atom stereocenters. The van der Waals surface area contributed by atoms with Gasteiger partial charge in [-0.05, 0) is 18.8 Å². The lowest BCUT2D eigenvalue weighted by Gasteiger charge is -2.43. The first-order chi connectivity index (χ1) is 8.58. The van der Waals surface area contributed by atoms with E-state index in [1.807, 2.05) is 6.92 Å². The summed E-state index contributed by atoms with van der Waals surface area (Å²) in [5.74, 6) is 0.0451. The third-order valence-corrected chi connectivity index (χ3v) is 3.24. The van der Waals surface area contributed by atoms with Gasteiger partial charge < -0.3 is 16.3 Å². The second kappa shape index (κ2) is 4.59. The number of amidine groups is 1. The van der Waals surface area contributed by atoms with Crippen LogP contribution in [0.3, 0.4) is 0 Å². The molecule has 1 amide bonds. The average molecular weight is 249 g/mol. The highest BCUT2D eigenvalue weighted by Gasteiger charge is 2.52. The van der Waals surface area contributed by atoms with Gasteiger partial charge in [0.25, 0.3) is 0 Å². The Kier molecular flexibility index (Phi) is 3.14. The summed E-state index contributed by atoms with van der Waals surface area (Å²) in [5, 5.41) is 14.5. The van der Waals surface area contributed by atoms with Crippen LogP contribution < -0.4 is 11.1 Å². The molecule has 2 rings (SSSR count). The highest BCUT2D eigenvalue weighted by Crippen LogP contribution is 2.46. The first-order valence-corrected chi connectivity index (χ1v) is 5.63. The number of carbonyl (C=O) groups excluding carboxylic acids is 1. The van der Waals surface area contributed by atoms with Crippen LogP contribution in [0.5, 0.6) is 0 Å². The van der Waals surface area contributed by atoms with Crippen molar-refractivity contribution in [2.24, 2.45) is 22.2 Å². The van der Waals surface area contributed by atoms with Crippen LogP contribution in [-0.2, 0) is 4.79 Å². The number of anilines is 1. The molecule has 0 bridgehead atoms. The van der Waals surface area contributed by atoms with Crippen LogP contribution in [0, 0.1) is 11.3 Å². The van der Waals surface area contributed by atoms with E-state index in [-0.39, 0.29) is 11.7 Å². The van der Waals surface area contributed by atoms with Crippen molar-refractivity contribution in [3.05, 3.63) is 18.7 Å². The predicted molar refractivity (Wildman–Crippen MR) is 64.9 cm³/mol. The molecule has 0 radical (unpaired) electrons. The van der Waals surface area contributed by atoms with E-state index in [4.69, 9.17) is 10.9 Å². The third-order valence-electron chi connectivity index (χ3n) is 3.24. The Morgan fingerprint density at radius 2 is 2.17 bits per heavy atom. The van der Waals surface area contributed by atoms with Crippen LogP contribution in [0.1, 0.15) is 19.8 Å². The maximum atomic E-state index is 12.2. The Hall–Kier alpha value is -2.18. The average Bonchev–Trinajstić information content (AvgIpc) is 2.34. The molecule has 1 fully saturated rings. The topological polar surface area (TPSA) is 113 Å². The number of oxime groups is 1. The Bertz CT molecular complexity index is 468. The Balaban J connectivity index is 2.16. The maximum absolute atomic E-state index is 12.2. The van der Waals surface area contributed by atoms with E-state index in [1.165, 1.54) is 18.7 Å². The number of nitrogens with zero attached hydrogens (tertiary/aromatic N) is 3. The van der Waals surface area contributed by atoms with E-state index in [9.17, 15) is 4.79 Å². The van der Waals surface area contributed by atoms with Crippen molar-refractivity contribution >= 4 is 17.4 Å². The van der Waals surface area contributed by atoms with Gasteiger partial charge in [0.2, 0.25) is 5.91 Å². The van der Waals surface area contributed by atoms with Gasteiger partial charge in [-0.15, -0.1) is 0 Å². The predicted octanol–water partition coefficient (Wildman–Crippen LogP) is 0.578. The van der Waals surface area contributed by atoms with Crippen LogP contribution in [0.2, 0.25) is 0 Å². The molecule has 0 aliphatic heterocycles. The van der Waals surface area contributed by atoms with Crippen LogP contribution in [0.15, 0.2) is 23.9 Å². The van der Waals surface area contributed by atoms with Gasteiger partial charge in [-0.2, -0.15) is 0 Å². The second-order valence-electron chi connectivity index (χ2n) is 4.66. The maximum Gasteiger partial charge on any atom is 0.238 e. The van der Waals surface area contributed by atoms with Gasteiger partial charge in [0, 0.05) is 0 Å². The summed E-state index contributed by atoms with van der Waals surface area (Å²) < 4.78 is 0. The number of rotatable bonds is 3. The minimum atomic E-state index is -0.913. The molecule has 0 aromatic carbocycles. The number of aromatic nitrogens is 2. The standard InChI is InChI=1S/C11H15N5O2/c1-7-2-11(3-7,9(12)16-18)10(17)15-8-4-13-6-14-5-8/h4-7,18H,2-3H2,1H3,(H2,12,16)(H,15,17). The molecule has 1 heterocycles. The van der Waals surface area contributed by atoms with Gasteiger partial charge in [0.05, 0.1) is 18.1 Å². The first-order valence-electron chi connectivity index (χ1n) is 5.63. The largest absolute Gasteiger partial charge is 0.409 e. The zero-order valence-electron chi connectivity index (χ0n) is 10.00. The second-order valence-corrected chi connectivity index (χ2v) is 4.66. The van der Waals surface area contributed by atoms with Gasteiger partial charge in [0.15, 0.2) is 5.84 Å². The molecule has 4 N–H and O–H groups in total. The van der Waals surface area contributed by atoms with E-state index in [2.05, 4.69) is 20.4 Å². The number of nitrogens with one attached hydrogen (secondary N) is 1. The van der Waals surface area contributed by atoms with Crippen molar-refractivity contribution in [2.45, 2.75) is 19.8 Å². The molecule has 0 atom stereocenters. The quantitative estimate of drug-likeness (QED) is 0.314. The molecular weight excluding hydrogens is 234 g/mol. The van der Waals surface area contributed by atoms with E-state index in [0.717, 1.165) is 0 Å². The van der Waals surface area contributed by atoms with Crippen molar-refractivity contribution in [3.63, 3.8) is 0 Å². The first kappa shape index (κ1) is 12.3. The fourth-order valence-corrected chi connectivity index (χ4v) is 2.35.